The number of nitrogens with zero attached hydrogens (tertiary/aromatic N) is 1. The van der Waals surface area contributed by atoms with E-state index >= 15 is 0 Å². The number of hydrogen-bond donors (Lipinski definition) is 3. The average Bonchev–Trinajstić information content (AvgIpc) is 2.55. The molecule has 2 aromatic rings. The fourth-order valence-corrected chi connectivity index (χ4v) is 1.51. The number of imidazole rings is 1. The molecule has 78 valence electrons. The van der Waals surface area contributed by atoms with Crippen molar-refractivity contribution < 1.29 is 4.79 Å². The number of carbonyl (C=O) groups excluding carboxylic acids is 1. The molecule has 5 N–H and O–H groups in total. The molecule has 0 fully saturated rings. The highest BCUT2D eigenvalue weighted by atomic mass is 16.1. The number of carbonyl (C=O) groups is 1. The van der Waals surface area contributed by atoms with Crippen molar-refractivity contribution in [3.8, 4) is 0 Å². The standard InChI is InChI=1S/C10H12N4O/c1-5-13-7-3-2-6(4-8(7)14-5)9(11)10(12)15/h2-4,9H,11H2,1H3,(H2,12,15)(H,13,14). The molecule has 2 rings (SSSR count). The van der Waals surface area contributed by atoms with Crippen molar-refractivity contribution in [2.45, 2.75) is 13.0 Å². The number of rotatable bonds is 2. The van der Waals surface area contributed by atoms with Gasteiger partial charge in [0.15, 0.2) is 0 Å². The number of nitrogens with one attached hydrogen (secondary N) is 1. The van der Waals surface area contributed by atoms with Gasteiger partial charge in [0.05, 0.1) is 11.0 Å². The average molecular weight is 204 g/mol. The molecule has 0 spiro atoms. The van der Waals surface area contributed by atoms with Gasteiger partial charge in [0.2, 0.25) is 5.91 Å². The van der Waals surface area contributed by atoms with Crippen molar-refractivity contribution in [1.82, 2.24) is 9.97 Å². The number of amides is 1. The van der Waals surface area contributed by atoms with Crippen LogP contribution >= 0.6 is 0 Å². The van der Waals surface area contributed by atoms with E-state index in [1.165, 1.54) is 0 Å². The van der Waals surface area contributed by atoms with Gasteiger partial charge in [0.1, 0.15) is 11.9 Å². The molecule has 1 aromatic heterocycles. The third-order valence-electron chi connectivity index (χ3n) is 2.29. The molecular formula is C10H12N4O. The van der Waals surface area contributed by atoms with Crippen molar-refractivity contribution in [1.29, 1.82) is 0 Å². The third-order valence-corrected chi connectivity index (χ3v) is 2.29. The van der Waals surface area contributed by atoms with E-state index in [0.29, 0.717) is 5.56 Å². The Morgan fingerprint density at radius 1 is 1.53 bits per heavy atom. The Balaban J connectivity index is 2.50. The predicted octanol–water partition coefficient (Wildman–Crippen LogP) is 0.356. The van der Waals surface area contributed by atoms with E-state index in [4.69, 9.17) is 11.5 Å². The van der Waals surface area contributed by atoms with E-state index < -0.39 is 11.9 Å². The molecule has 1 aromatic carbocycles. The SMILES string of the molecule is Cc1nc2ccc(C(N)C(N)=O)cc2[nH]1. The van der Waals surface area contributed by atoms with Crippen LogP contribution in [0.3, 0.4) is 0 Å². The van der Waals surface area contributed by atoms with Crippen molar-refractivity contribution in [2.24, 2.45) is 11.5 Å². The number of H-pyrrole nitrogens is 1. The highest BCUT2D eigenvalue weighted by Gasteiger charge is 2.12. The maximum absolute atomic E-state index is 10.9. The molecule has 15 heavy (non-hydrogen) atoms. The van der Waals surface area contributed by atoms with Crippen LogP contribution in [-0.4, -0.2) is 15.9 Å². The molecule has 5 heteroatoms. The molecule has 1 atom stereocenters. The lowest BCUT2D eigenvalue weighted by Crippen LogP contribution is -2.28. The zero-order chi connectivity index (χ0) is 11.0. The summed E-state index contributed by atoms with van der Waals surface area (Å²) in [5, 5.41) is 0. The van der Waals surface area contributed by atoms with Crippen LogP contribution in [0.5, 0.6) is 0 Å². The van der Waals surface area contributed by atoms with E-state index in [2.05, 4.69) is 9.97 Å². The number of aromatic amines is 1. The first-order valence-corrected chi connectivity index (χ1v) is 4.59. The van der Waals surface area contributed by atoms with E-state index in [1.807, 2.05) is 13.0 Å². The third kappa shape index (κ3) is 1.69. The largest absolute Gasteiger partial charge is 0.368 e. The summed E-state index contributed by atoms with van der Waals surface area (Å²) in [5.41, 5.74) is 13.2. The summed E-state index contributed by atoms with van der Waals surface area (Å²) in [6.45, 7) is 1.87. The maximum atomic E-state index is 10.9. The van der Waals surface area contributed by atoms with Crippen molar-refractivity contribution in [3.05, 3.63) is 29.6 Å². The van der Waals surface area contributed by atoms with E-state index in [1.54, 1.807) is 12.1 Å². The van der Waals surface area contributed by atoms with Crippen LogP contribution in [-0.2, 0) is 4.79 Å². The molecule has 0 bridgehead atoms. The molecule has 0 saturated carbocycles. The normalized spacial score (nSPS) is 12.9. The molecule has 1 amide bonds. The van der Waals surface area contributed by atoms with Crippen molar-refractivity contribution in [2.75, 3.05) is 0 Å². The number of aryl methyl sites for hydroxylation is 1. The maximum Gasteiger partial charge on any atom is 0.238 e. The lowest BCUT2D eigenvalue weighted by atomic mass is 10.1. The lowest BCUT2D eigenvalue weighted by Gasteiger charge is -2.06. The topological polar surface area (TPSA) is 97.8 Å². The smallest absolute Gasteiger partial charge is 0.238 e. The molecule has 0 radical (unpaired) electrons. The minimum atomic E-state index is -0.766. The van der Waals surface area contributed by atoms with Gasteiger partial charge in [-0.3, -0.25) is 4.79 Å². The summed E-state index contributed by atoms with van der Waals surface area (Å²) in [6, 6.07) is 4.61. The molecular weight excluding hydrogens is 192 g/mol. The first kappa shape index (κ1) is 9.67. The van der Waals surface area contributed by atoms with Gasteiger partial charge < -0.3 is 16.5 Å². The van der Waals surface area contributed by atoms with E-state index in [0.717, 1.165) is 16.9 Å². The van der Waals surface area contributed by atoms with Gasteiger partial charge in [0, 0.05) is 0 Å². The van der Waals surface area contributed by atoms with Gasteiger partial charge in [-0.2, -0.15) is 0 Å². The number of fused-ring (bicyclic) bond motifs is 1. The number of aromatic nitrogens is 2. The van der Waals surface area contributed by atoms with Crippen LogP contribution in [0.15, 0.2) is 18.2 Å². The van der Waals surface area contributed by atoms with Gasteiger partial charge in [-0.1, -0.05) is 6.07 Å². The Labute approximate surface area is 86.5 Å². The Kier molecular flexibility index (Phi) is 2.17. The van der Waals surface area contributed by atoms with E-state index in [-0.39, 0.29) is 0 Å². The van der Waals surface area contributed by atoms with Gasteiger partial charge >= 0.3 is 0 Å². The Bertz CT molecular complexity index is 517. The van der Waals surface area contributed by atoms with Crippen LogP contribution in [0.2, 0.25) is 0 Å². The van der Waals surface area contributed by atoms with Crippen molar-refractivity contribution in [3.63, 3.8) is 0 Å². The second-order valence-electron chi connectivity index (χ2n) is 3.48. The minimum absolute atomic E-state index is 0.536. The predicted molar refractivity (Wildman–Crippen MR) is 57.0 cm³/mol. The summed E-state index contributed by atoms with van der Waals surface area (Å²) in [5.74, 6) is 0.292. The Morgan fingerprint density at radius 3 is 2.93 bits per heavy atom. The van der Waals surface area contributed by atoms with Gasteiger partial charge in [-0.15, -0.1) is 0 Å². The minimum Gasteiger partial charge on any atom is -0.368 e. The summed E-state index contributed by atoms with van der Waals surface area (Å²) < 4.78 is 0. The molecule has 0 aliphatic rings. The second-order valence-corrected chi connectivity index (χ2v) is 3.48. The first-order chi connectivity index (χ1) is 7.08. The first-order valence-electron chi connectivity index (χ1n) is 4.59. The molecule has 0 aliphatic carbocycles. The molecule has 0 aliphatic heterocycles. The number of primary amides is 1. The Morgan fingerprint density at radius 2 is 2.27 bits per heavy atom. The Hall–Kier alpha value is -1.88. The number of nitrogens with two attached hydrogens (primary N) is 2. The van der Waals surface area contributed by atoms with Crippen LogP contribution in [0.4, 0.5) is 0 Å². The van der Waals surface area contributed by atoms with Crippen LogP contribution < -0.4 is 11.5 Å². The van der Waals surface area contributed by atoms with E-state index in [9.17, 15) is 4.79 Å². The monoisotopic (exact) mass is 204 g/mol. The summed E-state index contributed by atoms with van der Waals surface area (Å²) in [4.78, 5) is 18.2. The number of benzene rings is 1. The quantitative estimate of drug-likeness (QED) is 0.658. The van der Waals surface area contributed by atoms with Crippen LogP contribution in [0.1, 0.15) is 17.4 Å². The van der Waals surface area contributed by atoms with Gasteiger partial charge in [-0.25, -0.2) is 4.98 Å². The lowest BCUT2D eigenvalue weighted by molar-refractivity contribution is -0.119. The highest BCUT2D eigenvalue weighted by Crippen LogP contribution is 2.17. The fourth-order valence-electron chi connectivity index (χ4n) is 1.51. The van der Waals surface area contributed by atoms with Crippen LogP contribution in [0, 0.1) is 6.92 Å². The summed E-state index contributed by atoms with van der Waals surface area (Å²) in [7, 11) is 0. The fraction of sp³-hybridized carbons (Fsp3) is 0.200. The summed E-state index contributed by atoms with van der Waals surface area (Å²) in [6.07, 6.45) is 0. The second kappa shape index (κ2) is 3.36. The zero-order valence-corrected chi connectivity index (χ0v) is 8.32. The molecule has 1 heterocycles. The molecule has 1 unspecified atom stereocenters. The van der Waals surface area contributed by atoms with Gasteiger partial charge in [0.25, 0.3) is 0 Å². The molecule has 0 saturated heterocycles. The van der Waals surface area contributed by atoms with Crippen molar-refractivity contribution >= 4 is 16.9 Å². The number of hydrogen-bond acceptors (Lipinski definition) is 3. The zero-order valence-electron chi connectivity index (χ0n) is 8.32. The molecule has 5 nitrogen and oxygen atoms in total. The van der Waals surface area contributed by atoms with Crippen LogP contribution in [0.25, 0.3) is 11.0 Å². The highest BCUT2D eigenvalue weighted by molar-refractivity contribution is 5.83. The summed E-state index contributed by atoms with van der Waals surface area (Å²) >= 11 is 0. The van der Waals surface area contributed by atoms with Gasteiger partial charge in [-0.05, 0) is 24.6 Å².